The lowest BCUT2D eigenvalue weighted by Crippen LogP contribution is -2.44. The molecule has 0 aliphatic heterocycles. The van der Waals surface area contributed by atoms with Crippen LogP contribution in [0.2, 0.25) is 5.02 Å². The summed E-state index contributed by atoms with van der Waals surface area (Å²) in [6, 6.07) is 14.7. The van der Waals surface area contributed by atoms with Gasteiger partial charge in [-0.15, -0.1) is 0 Å². The zero-order valence-electron chi connectivity index (χ0n) is 12.5. The molecule has 0 fully saturated rings. The summed E-state index contributed by atoms with van der Waals surface area (Å²) in [6.07, 6.45) is 0.113. The van der Waals surface area contributed by atoms with Gasteiger partial charge in [-0.05, 0) is 42.5 Å². The molecular weight excluding hydrogens is 346 g/mol. The number of hydrazine groups is 1. The summed E-state index contributed by atoms with van der Waals surface area (Å²) < 4.78 is 0. The number of aromatic amines is 1. The van der Waals surface area contributed by atoms with Crippen LogP contribution in [0.3, 0.4) is 0 Å². The van der Waals surface area contributed by atoms with Gasteiger partial charge in [0.1, 0.15) is 5.82 Å². The Morgan fingerprint density at radius 1 is 1.17 bits per heavy atom. The Balaban J connectivity index is 1.50. The van der Waals surface area contributed by atoms with Gasteiger partial charge in [0.05, 0.1) is 17.5 Å². The second-order valence-electron chi connectivity index (χ2n) is 5.02. The van der Waals surface area contributed by atoms with Crippen LogP contribution in [0.25, 0.3) is 11.0 Å². The molecule has 122 valence electrons. The number of nitrogens with one attached hydrogen (secondary N) is 4. The normalized spacial score (nSPS) is 10.4. The number of hydrogen-bond donors (Lipinski definition) is 4. The second kappa shape index (κ2) is 7.29. The topological polar surface area (TPSA) is 81.8 Å². The van der Waals surface area contributed by atoms with Gasteiger partial charge in [-0.1, -0.05) is 29.8 Å². The molecule has 6 nitrogen and oxygen atoms in total. The molecular formula is C16H14ClN5OS. The van der Waals surface area contributed by atoms with Crippen molar-refractivity contribution >= 4 is 51.6 Å². The van der Waals surface area contributed by atoms with Crippen LogP contribution in [-0.4, -0.2) is 21.0 Å². The predicted octanol–water partition coefficient (Wildman–Crippen LogP) is 2.78. The largest absolute Gasteiger partial charge is 0.342 e. The molecule has 0 aliphatic rings. The maximum Gasteiger partial charge on any atom is 0.245 e. The van der Waals surface area contributed by atoms with Crippen molar-refractivity contribution in [1.82, 2.24) is 20.8 Å². The van der Waals surface area contributed by atoms with Crippen LogP contribution < -0.4 is 16.2 Å². The fourth-order valence-corrected chi connectivity index (χ4v) is 2.50. The Morgan fingerprint density at radius 2 is 2.00 bits per heavy atom. The number of anilines is 1. The van der Waals surface area contributed by atoms with E-state index in [0.717, 1.165) is 16.7 Å². The third-order valence-corrected chi connectivity index (χ3v) is 3.60. The van der Waals surface area contributed by atoms with Crippen molar-refractivity contribution in [2.24, 2.45) is 0 Å². The highest BCUT2D eigenvalue weighted by Crippen LogP contribution is 2.14. The maximum absolute atomic E-state index is 12.0. The van der Waals surface area contributed by atoms with Crippen LogP contribution in [-0.2, 0) is 11.2 Å². The Morgan fingerprint density at radius 3 is 2.79 bits per heavy atom. The third-order valence-electron chi connectivity index (χ3n) is 3.16. The molecule has 0 aliphatic carbocycles. The van der Waals surface area contributed by atoms with Gasteiger partial charge in [0.15, 0.2) is 5.11 Å². The van der Waals surface area contributed by atoms with E-state index in [1.165, 1.54) is 0 Å². The first-order valence-electron chi connectivity index (χ1n) is 7.15. The number of carbonyl (C=O) groups excluding carboxylic acids is 1. The zero-order valence-corrected chi connectivity index (χ0v) is 14.0. The van der Waals surface area contributed by atoms with Gasteiger partial charge in [-0.3, -0.25) is 15.6 Å². The molecule has 1 amide bonds. The van der Waals surface area contributed by atoms with Gasteiger partial charge in [-0.25, -0.2) is 4.98 Å². The summed E-state index contributed by atoms with van der Waals surface area (Å²) in [5, 5.41) is 3.77. The third kappa shape index (κ3) is 4.21. The smallest absolute Gasteiger partial charge is 0.245 e. The lowest BCUT2D eigenvalue weighted by atomic mass is 10.3. The van der Waals surface area contributed by atoms with E-state index in [9.17, 15) is 4.79 Å². The number of benzene rings is 2. The number of fused-ring (bicyclic) bond motifs is 1. The SMILES string of the molecule is O=C(Cc1nc2ccccc2[nH]1)NNC(=S)Nc1cccc(Cl)c1. The van der Waals surface area contributed by atoms with Gasteiger partial charge >= 0.3 is 0 Å². The molecule has 1 heterocycles. The fraction of sp³-hybridized carbons (Fsp3) is 0.0625. The molecule has 0 saturated carbocycles. The molecule has 0 spiro atoms. The molecule has 0 saturated heterocycles. The molecule has 0 unspecified atom stereocenters. The van der Waals surface area contributed by atoms with Crippen molar-refractivity contribution < 1.29 is 4.79 Å². The minimum atomic E-state index is -0.260. The minimum Gasteiger partial charge on any atom is -0.342 e. The number of carbonyl (C=O) groups is 1. The summed E-state index contributed by atoms with van der Waals surface area (Å²) in [5.41, 5.74) is 7.61. The first kappa shape index (κ1) is 16.2. The molecule has 0 atom stereocenters. The maximum atomic E-state index is 12.0. The Hall–Kier alpha value is -2.64. The zero-order chi connectivity index (χ0) is 16.9. The van der Waals surface area contributed by atoms with E-state index in [1.807, 2.05) is 30.3 Å². The Bertz CT molecular complexity index is 862. The van der Waals surface area contributed by atoms with Crippen LogP contribution in [0.4, 0.5) is 5.69 Å². The van der Waals surface area contributed by atoms with E-state index in [0.29, 0.717) is 10.8 Å². The van der Waals surface area contributed by atoms with Crippen molar-refractivity contribution in [3.05, 3.63) is 59.4 Å². The van der Waals surface area contributed by atoms with E-state index in [2.05, 4.69) is 26.1 Å². The molecule has 3 aromatic rings. The van der Waals surface area contributed by atoms with Crippen molar-refractivity contribution in [2.45, 2.75) is 6.42 Å². The molecule has 8 heteroatoms. The number of halogens is 1. The van der Waals surface area contributed by atoms with Crippen molar-refractivity contribution in [3.63, 3.8) is 0 Å². The standard InChI is InChI=1S/C16H14ClN5OS/c17-10-4-3-5-11(8-10)18-16(24)22-21-15(23)9-14-19-12-6-1-2-7-13(12)20-14/h1-8H,9H2,(H,19,20)(H,21,23)(H2,18,22,24). The van der Waals surface area contributed by atoms with E-state index in [1.54, 1.807) is 18.2 Å². The summed E-state index contributed by atoms with van der Waals surface area (Å²) in [4.78, 5) is 19.4. The van der Waals surface area contributed by atoms with Crippen LogP contribution in [0.5, 0.6) is 0 Å². The van der Waals surface area contributed by atoms with Crippen LogP contribution in [0.15, 0.2) is 48.5 Å². The molecule has 1 aromatic heterocycles. The highest BCUT2D eigenvalue weighted by molar-refractivity contribution is 7.80. The number of thiocarbonyl (C=S) groups is 1. The van der Waals surface area contributed by atoms with Gasteiger partial charge in [0.2, 0.25) is 5.91 Å². The van der Waals surface area contributed by atoms with Gasteiger partial charge in [0, 0.05) is 10.7 Å². The average molecular weight is 360 g/mol. The van der Waals surface area contributed by atoms with E-state index < -0.39 is 0 Å². The van der Waals surface area contributed by atoms with E-state index in [-0.39, 0.29) is 17.4 Å². The van der Waals surface area contributed by atoms with Gasteiger partial charge in [0.25, 0.3) is 0 Å². The second-order valence-corrected chi connectivity index (χ2v) is 5.86. The first-order valence-corrected chi connectivity index (χ1v) is 7.94. The summed E-state index contributed by atoms with van der Waals surface area (Å²) in [7, 11) is 0. The average Bonchev–Trinajstić information content (AvgIpc) is 2.95. The van der Waals surface area contributed by atoms with Crippen LogP contribution in [0, 0.1) is 0 Å². The van der Waals surface area contributed by atoms with E-state index in [4.69, 9.17) is 23.8 Å². The number of nitrogens with zero attached hydrogens (tertiary/aromatic N) is 1. The lowest BCUT2D eigenvalue weighted by Gasteiger charge is -2.11. The molecule has 4 N–H and O–H groups in total. The Kier molecular flexibility index (Phi) is 4.93. The number of aromatic nitrogens is 2. The van der Waals surface area contributed by atoms with Crippen molar-refractivity contribution in [3.8, 4) is 0 Å². The fourth-order valence-electron chi connectivity index (χ4n) is 2.14. The molecule has 0 bridgehead atoms. The molecule has 0 radical (unpaired) electrons. The summed E-state index contributed by atoms with van der Waals surface area (Å²) in [6.45, 7) is 0. The van der Waals surface area contributed by atoms with Gasteiger partial charge < -0.3 is 10.3 Å². The molecule has 2 aromatic carbocycles. The quantitative estimate of drug-likeness (QED) is 0.427. The number of amides is 1. The number of para-hydroxylation sites is 2. The number of imidazole rings is 1. The monoisotopic (exact) mass is 359 g/mol. The van der Waals surface area contributed by atoms with Crippen LogP contribution in [0.1, 0.15) is 5.82 Å². The highest BCUT2D eigenvalue weighted by atomic mass is 35.5. The van der Waals surface area contributed by atoms with Crippen molar-refractivity contribution in [1.29, 1.82) is 0 Å². The predicted molar refractivity (Wildman–Crippen MR) is 98.7 cm³/mol. The Labute approximate surface area is 148 Å². The minimum absolute atomic E-state index is 0.113. The summed E-state index contributed by atoms with van der Waals surface area (Å²) >= 11 is 11.0. The molecule has 3 rings (SSSR count). The van der Waals surface area contributed by atoms with E-state index >= 15 is 0 Å². The summed E-state index contributed by atoms with van der Waals surface area (Å²) in [5.74, 6) is 0.327. The first-order chi connectivity index (χ1) is 11.6. The van der Waals surface area contributed by atoms with Gasteiger partial charge in [-0.2, -0.15) is 0 Å². The highest BCUT2D eigenvalue weighted by Gasteiger charge is 2.08. The lowest BCUT2D eigenvalue weighted by molar-refractivity contribution is -0.121. The number of rotatable bonds is 3. The molecule has 24 heavy (non-hydrogen) atoms. The number of hydrogen-bond acceptors (Lipinski definition) is 3. The van der Waals surface area contributed by atoms with Crippen LogP contribution >= 0.6 is 23.8 Å². The number of H-pyrrole nitrogens is 1. The van der Waals surface area contributed by atoms with Crippen molar-refractivity contribution in [2.75, 3.05) is 5.32 Å².